The first-order valence-electron chi connectivity index (χ1n) is 12.7. The third-order valence-corrected chi connectivity index (χ3v) is 13.3. The van der Waals surface area contributed by atoms with E-state index in [1.807, 2.05) is 18.2 Å². The molecule has 0 spiro atoms. The molecule has 4 aromatic carbocycles. The molecule has 0 radical (unpaired) electrons. The Balaban J connectivity index is 1.37. The van der Waals surface area contributed by atoms with Crippen molar-refractivity contribution in [2.75, 3.05) is 6.29 Å². The molecule has 39 heavy (non-hydrogen) atoms. The summed E-state index contributed by atoms with van der Waals surface area (Å²) >= 11 is 0. The van der Waals surface area contributed by atoms with Crippen LogP contribution in [0, 0.1) is 0 Å². The first-order valence-corrected chi connectivity index (χ1v) is 17.2. The molecule has 186 valence electrons. The fourth-order valence-electron chi connectivity index (χ4n) is 4.98. The molecule has 0 aromatic heterocycles. The zero-order chi connectivity index (χ0) is 26.0. The summed E-state index contributed by atoms with van der Waals surface area (Å²) in [5.74, 6) is 4.16. The Kier molecular flexibility index (Phi) is 6.68. The monoisotopic (exact) mass is 561 g/mol. The van der Waals surface area contributed by atoms with Crippen molar-refractivity contribution >= 4 is 55.8 Å². The smallest absolute Gasteiger partial charge is 0.135 e. The summed E-state index contributed by atoms with van der Waals surface area (Å²) in [5.41, 5.74) is 4.63. The number of rotatable bonds is 6. The van der Waals surface area contributed by atoms with E-state index in [4.69, 9.17) is 0 Å². The highest BCUT2D eigenvalue weighted by Crippen LogP contribution is 2.49. The van der Waals surface area contributed by atoms with Crippen molar-refractivity contribution in [2.24, 2.45) is 30.7 Å². The van der Waals surface area contributed by atoms with Crippen LogP contribution in [-0.2, 0) is 0 Å². The Morgan fingerprint density at radius 2 is 1.05 bits per heavy atom. The number of benzene rings is 4. The summed E-state index contributed by atoms with van der Waals surface area (Å²) in [4.78, 5) is 0. The van der Waals surface area contributed by atoms with Gasteiger partial charge in [-0.3, -0.25) is 0 Å². The highest BCUT2D eigenvalue weighted by atomic mass is 31.1. The lowest BCUT2D eigenvalue weighted by Gasteiger charge is -2.06. The molecule has 9 heteroatoms. The number of hydrogen-bond acceptors (Lipinski definition) is 6. The van der Waals surface area contributed by atoms with Crippen molar-refractivity contribution in [3.05, 3.63) is 126 Å². The third-order valence-electron chi connectivity index (χ3n) is 6.88. The van der Waals surface area contributed by atoms with E-state index in [-0.39, 0.29) is 11.6 Å². The van der Waals surface area contributed by atoms with Crippen LogP contribution in [0.4, 0.5) is 0 Å². The zero-order valence-electron chi connectivity index (χ0n) is 20.9. The molecule has 3 aliphatic rings. The molecule has 7 rings (SSSR count). The summed E-state index contributed by atoms with van der Waals surface area (Å²) in [6.45, 7) is 0. The Morgan fingerprint density at radius 3 is 1.59 bits per heavy atom. The van der Waals surface area contributed by atoms with Gasteiger partial charge in [-0.25, -0.2) is 0 Å². The van der Waals surface area contributed by atoms with Gasteiger partial charge in [-0.2, -0.15) is 0 Å². The minimum Gasteiger partial charge on any atom is -0.135 e. The predicted octanol–water partition coefficient (Wildman–Crippen LogP) is 7.46. The maximum absolute atomic E-state index is 4.66. The highest BCUT2D eigenvalue weighted by Gasteiger charge is 2.40. The van der Waals surface area contributed by atoms with Crippen molar-refractivity contribution in [1.82, 2.24) is 0 Å². The molecule has 0 fully saturated rings. The van der Waals surface area contributed by atoms with E-state index in [9.17, 15) is 0 Å². The van der Waals surface area contributed by atoms with E-state index in [0.29, 0.717) is 6.29 Å². The molecule has 4 aromatic rings. The first-order chi connectivity index (χ1) is 19.3. The van der Waals surface area contributed by atoms with Gasteiger partial charge in [-0.1, -0.05) is 78.9 Å². The van der Waals surface area contributed by atoms with Gasteiger partial charge in [0, 0.05) is 34.9 Å². The minimum atomic E-state index is -0.761. The maximum Gasteiger partial charge on any atom is 0.267 e. The van der Waals surface area contributed by atoms with Gasteiger partial charge in [-0.15, -0.1) is 30.7 Å². The van der Waals surface area contributed by atoms with Gasteiger partial charge in [-0.05, 0) is 12.1 Å². The van der Waals surface area contributed by atoms with Crippen LogP contribution in [0.5, 0.6) is 0 Å². The molecular weight excluding hydrogens is 537 g/mol. The van der Waals surface area contributed by atoms with Crippen LogP contribution < -0.4 is 15.9 Å². The van der Waals surface area contributed by atoms with Gasteiger partial charge < -0.3 is 0 Å². The highest BCUT2D eigenvalue weighted by molar-refractivity contribution is 7.69. The maximum atomic E-state index is 4.66. The molecule has 0 amide bonds. The molecule has 0 aliphatic carbocycles. The van der Waals surface area contributed by atoms with Crippen LogP contribution in [0.2, 0.25) is 0 Å². The molecule has 0 saturated carbocycles. The normalized spacial score (nSPS) is 22.4. The van der Waals surface area contributed by atoms with Gasteiger partial charge in [0.2, 0.25) is 18.1 Å². The largest absolute Gasteiger partial charge is 0.267 e. The fourth-order valence-corrected chi connectivity index (χ4v) is 11.1. The summed E-state index contributed by atoms with van der Waals surface area (Å²) in [5, 5.41) is 31.2. The summed E-state index contributed by atoms with van der Waals surface area (Å²) in [7, 11) is -2.25. The van der Waals surface area contributed by atoms with Gasteiger partial charge >= 0.3 is 0 Å². The zero-order valence-corrected chi connectivity index (χ0v) is 23.6. The molecule has 0 saturated heterocycles. The van der Waals surface area contributed by atoms with E-state index in [1.54, 1.807) is 0 Å². The molecule has 5 atom stereocenters. The van der Waals surface area contributed by atoms with E-state index < -0.39 is 22.6 Å². The van der Waals surface area contributed by atoms with E-state index in [0.717, 1.165) is 11.0 Å². The second kappa shape index (κ2) is 10.8. The lowest BCUT2D eigenvalue weighted by molar-refractivity contribution is 0.959. The second-order valence-corrected chi connectivity index (χ2v) is 15.5. The standard InChI is InChI=1S/C30H24N6P3/c1-4-10-22(11-5-1)28-34-31-19-37(28)25-16-26(38-20-32-35-29(38)23-12-6-2-7-13-23)18-27(17-25)39-21-33-36-30(39)24-14-8-3-9-15-24/h1-20,28-29H,21H2/q+3. The first kappa shape index (κ1) is 24.2. The van der Waals surface area contributed by atoms with Crippen molar-refractivity contribution < 1.29 is 0 Å². The number of hydrogen-bond donors (Lipinski definition) is 0. The molecule has 5 unspecified atom stereocenters. The molecule has 0 N–H and O–H groups in total. The van der Waals surface area contributed by atoms with Crippen molar-refractivity contribution in [1.29, 1.82) is 0 Å². The van der Waals surface area contributed by atoms with Crippen LogP contribution in [0.25, 0.3) is 0 Å². The molecule has 3 heterocycles. The Bertz CT molecular complexity index is 1640. The topological polar surface area (TPSA) is 74.2 Å². The molecule has 0 bridgehead atoms. The van der Waals surface area contributed by atoms with Crippen molar-refractivity contribution in [3.8, 4) is 0 Å². The van der Waals surface area contributed by atoms with E-state index in [1.165, 1.54) is 27.0 Å². The second-order valence-electron chi connectivity index (χ2n) is 9.28. The lowest BCUT2D eigenvalue weighted by Crippen LogP contribution is -2.19. The quantitative estimate of drug-likeness (QED) is 0.219. The average Bonchev–Trinajstić information content (AvgIpc) is 3.79. The van der Waals surface area contributed by atoms with Crippen LogP contribution in [-0.4, -0.2) is 23.5 Å². The Labute approximate surface area is 229 Å². The van der Waals surface area contributed by atoms with E-state index >= 15 is 0 Å². The summed E-state index contributed by atoms with van der Waals surface area (Å²) in [6, 6.07) is 38.6. The summed E-state index contributed by atoms with van der Waals surface area (Å²) < 4.78 is 0. The SMILES string of the molecule is C1=[P+](c2cc([P+]3=CN=NC3c3ccccc3)cc([P+]3=C(c4ccccc4)N=NC3)c2)C(c2ccccc2)N=N1. The van der Waals surface area contributed by atoms with Crippen LogP contribution >= 0.6 is 22.6 Å². The number of nitrogens with zero attached hydrogens (tertiary/aromatic N) is 6. The van der Waals surface area contributed by atoms with E-state index in [2.05, 4.69) is 134 Å². The Morgan fingerprint density at radius 1 is 0.564 bits per heavy atom. The van der Waals surface area contributed by atoms with Gasteiger partial charge in [0.1, 0.15) is 0 Å². The van der Waals surface area contributed by atoms with Crippen LogP contribution in [0.3, 0.4) is 0 Å². The Hall–Kier alpha value is -3.81. The van der Waals surface area contributed by atoms with Crippen LogP contribution in [0.15, 0.2) is 140 Å². The summed E-state index contributed by atoms with van der Waals surface area (Å²) in [6.07, 6.45) is 0.708. The minimum absolute atomic E-state index is 0.0206. The van der Waals surface area contributed by atoms with Crippen LogP contribution in [0.1, 0.15) is 28.3 Å². The van der Waals surface area contributed by atoms with Gasteiger partial charge in [0.15, 0.2) is 38.5 Å². The van der Waals surface area contributed by atoms with Crippen molar-refractivity contribution in [3.63, 3.8) is 0 Å². The van der Waals surface area contributed by atoms with Gasteiger partial charge in [0.05, 0.1) is 0 Å². The number of azo groups is 3. The molecule has 3 aliphatic heterocycles. The average molecular weight is 561 g/mol. The lowest BCUT2D eigenvalue weighted by atomic mass is 10.2. The fraction of sp³-hybridized carbons (Fsp3) is 0.100. The van der Waals surface area contributed by atoms with Crippen molar-refractivity contribution in [2.45, 2.75) is 11.6 Å². The molecular formula is C30H24N6P3+3. The molecule has 6 nitrogen and oxygen atoms in total. The van der Waals surface area contributed by atoms with Gasteiger partial charge in [0.25, 0.3) is 17.0 Å². The third kappa shape index (κ3) is 4.77. The predicted molar refractivity (Wildman–Crippen MR) is 167 cm³/mol.